The highest BCUT2D eigenvalue weighted by molar-refractivity contribution is 5.85. The Kier molecular flexibility index (Phi) is 7.21. The fourth-order valence-corrected chi connectivity index (χ4v) is 1.48. The van der Waals surface area contributed by atoms with E-state index in [9.17, 15) is 0 Å². The second kappa shape index (κ2) is 7.54. The zero-order chi connectivity index (χ0) is 9.80. The lowest BCUT2D eigenvalue weighted by Crippen LogP contribution is -2.19. The van der Waals surface area contributed by atoms with Crippen LogP contribution in [-0.4, -0.2) is 31.3 Å². The van der Waals surface area contributed by atoms with Crippen molar-refractivity contribution in [3.05, 3.63) is 18.3 Å². The van der Waals surface area contributed by atoms with E-state index in [4.69, 9.17) is 9.47 Å². The minimum atomic E-state index is 0. The number of nitrogens with zero attached hydrogens (tertiary/aromatic N) is 1. The SMILES string of the molecule is COc1ccc(OC2CCNC2)cn1.Cl.Cl. The zero-order valence-electron chi connectivity index (χ0n) is 9.01. The van der Waals surface area contributed by atoms with Crippen LogP contribution in [0.1, 0.15) is 6.42 Å². The molecule has 1 unspecified atom stereocenters. The second-order valence-corrected chi connectivity index (χ2v) is 3.27. The summed E-state index contributed by atoms with van der Waals surface area (Å²) >= 11 is 0. The van der Waals surface area contributed by atoms with Crippen molar-refractivity contribution in [3.63, 3.8) is 0 Å². The highest BCUT2D eigenvalue weighted by atomic mass is 35.5. The molecule has 1 N–H and O–H groups in total. The van der Waals surface area contributed by atoms with Crippen molar-refractivity contribution in [2.75, 3.05) is 20.2 Å². The lowest BCUT2D eigenvalue weighted by molar-refractivity contribution is 0.221. The van der Waals surface area contributed by atoms with Gasteiger partial charge in [-0.2, -0.15) is 0 Å². The van der Waals surface area contributed by atoms with Gasteiger partial charge >= 0.3 is 0 Å². The lowest BCUT2D eigenvalue weighted by Gasteiger charge is -2.11. The molecule has 0 bridgehead atoms. The maximum Gasteiger partial charge on any atom is 0.213 e. The maximum atomic E-state index is 5.69. The molecule has 1 aromatic heterocycles. The molecule has 92 valence electrons. The fraction of sp³-hybridized carbons (Fsp3) is 0.500. The number of halogens is 2. The molecule has 1 aliphatic rings. The van der Waals surface area contributed by atoms with Crippen LogP contribution in [0.15, 0.2) is 18.3 Å². The Morgan fingerprint density at radius 3 is 2.69 bits per heavy atom. The molecular formula is C10H16Cl2N2O2. The molecule has 2 rings (SSSR count). The molecule has 1 aliphatic heterocycles. The monoisotopic (exact) mass is 266 g/mol. The van der Waals surface area contributed by atoms with Crippen LogP contribution >= 0.6 is 24.8 Å². The first-order chi connectivity index (χ1) is 6.88. The number of nitrogens with one attached hydrogen (secondary N) is 1. The first-order valence-corrected chi connectivity index (χ1v) is 4.76. The molecule has 0 aliphatic carbocycles. The van der Waals surface area contributed by atoms with Crippen LogP contribution in [0.3, 0.4) is 0 Å². The van der Waals surface area contributed by atoms with Gasteiger partial charge in [0.2, 0.25) is 5.88 Å². The number of pyridine rings is 1. The molecule has 0 spiro atoms. The Bertz CT molecular complexity index is 289. The van der Waals surface area contributed by atoms with E-state index in [0.29, 0.717) is 5.88 Å². The molecule has 6 heteroatoms. The van der Waals surface area contributed by atoms with Crippen LogP contribution in [0.2, 0.25) is 0 Å². The standard InChI is InChI=1S/C10H14N2O2.2ClH/c1-13-10-3-2-8(7-12-10)14-9-4-5-11-6-9;;/h2-3,7,9,11H,4-6H2,1H3;2*1H. The third-order valence-electron chi connectivity index (χ3n) is 2.24. The van der Waals surface area contributed by atoms with Gasteiger partial charge in [0, 0.05) is 12.6 Å². The normalized spacial score (nSPS) is 18.2. The number of aromatic nitrogens is 1. The average Bonchev–Trinajstić information content (AvgIpc) is 2.72. The summed E-state index contributed by atoms with van der Waals surface area (Å²) in [4.78, 5) is 4.07. The van der Waals surface area contributed by atoms with Gasteiger partial charge in [0.25, 0.3) is 0 Å². The summed E-state index contributed by atoms with van der Waals surface area (Å²) in [5.41, 5.74) is 0. The fourth-order valence-electron chi connectivity index (χ4n) is 1.48. The Hall–Kier alpha value is -0.710. The van der Waals surface area contributed by atoms with Crippen LogP contribution in [0, 0.1) is 0 Å². The molecule has 1 saturated heterocycles. The molecule has 1 aromatic rings. The summed E-state index contributed by atoms with van der Waals surface area (Å²) in [6.07, 6.45) is 3.04. The summed E-state index contributed by atoms with van der Waals surface area (Å²) in [6.45, 7) is 1.96. The third-order valence-corrected chi connectivity index (χ3v) is 2.24. The minimum Gasteiger partial charge on any atom is -0.487 e. The molecule has 0 amide bonds. The van der Waals surface area contributed by atoms with E-state index < -0.39 is 0 Å². The van der Waals surface area contributed by atoms with Crippen molar-refractivity contribution in [1.82, 2.24) is 10.3 Å². The second-order valence-electron chi connectivity index (χ2n) is 3.27. The van der Waals surface area contributed by atoms with Crippen molar-refractivity contribution in [2.45, 2.75) is 12.5 Å². The Morgan fingerprint density at radius 2 is 2.19 bits per heavy atom. The van der Waals surface area contributed by atoms with Crippen LogP contribution in [0.5, 0.6) is 11.6 Å². The van der Waals surface area contributed by atoms with E-state index >= 15 is 0 Å². The predicted molar refractivity (Wildman–Crippen MR) is 67.2 cm³/mol. The van der Waals surface area contributed by atoms with Crippen molar-refractivity contribution in [3.8, 4) is 11.6 Å². The van der Waals surface area contributed by atoms with Gasteiger partial charge in [-0.3, -0.25) is 0 Å². The molecular weight excluding hydrogens is 251 g/mol. The van der Waals surface area contributed by atoms with Gasteiger partial charge in [-0.15, -0.1) is 24.8 Å². The van der Waals surface area contributed by atoms with Crippen LogP contribution < -0.4 is 14.8 Å². The Labute approximate surface area is 108 Å². The smallest absolute Gasteiger partial charge is 0.213 e. The van der Waals surface area contributed by atoms with Gasteiger partial charge in [-0.1, -0.05) is 0 Å². The molecule has 0 radical (unpaired) electrons. The summed E-state index contributed by atoms with van der Waals surface area (Å²) < 4.78 is 10.7. The first-order valence-electron chi connectivity index (χ1n) is 4.76. The summed E-state index contributed by atoms with van der Waals surface area (Å²) in [7, 11) is 1.60. The van der Waals surface area contributed by atoms with E-state index in [1.165, 1.54) is 0 Å². The van der Waals surface area contributed by atoms with Crippen molar-refractivity contribution >= 4 is 24.8 Å². The molecule has 4 nitrogen and oxygen atoms in total. The van der Waals surface area contributed by atoms with Gasteiger partial charge in [0.15, 0.2) is 0 Å². The Balaban J connectivity index is 0.00000112. The van der Waals surface area contributed by atoms with Gasteiger partial charge in [0.05, 0.1) is 13.3 Å². The molecule has 1 atom stereocenters. The number of hydrogen-bond donors (Lipinski definition) is 1. The number of rotatable bonds is 3. The van der Waals surface area contributed by atoms with E-state index in [2.05, 4.69) is 10.3 Å². The van der Waals surface area contributed by atoms with E-state index in [-0.39, 0.29) is 30.9 Å². The molecule has 1 fully saturated rings. The van der Waals surface area contributed by atoms with Gasteiger partial charge in [-0.05, 0) is 19.0 Å². The summed E-state index contributed by atoms with van der Waals surface area (Å²) in [6, 6.07) is 3.68. The molecule has 0 saturated carbocycles. The van der Waals surface area contributed by atoms with Gasteiger partial charge in [0.1, 0.15) is 11.9 Å². The highest BCUT2D eigenvalue weighted by Crippen LogP contribution is 2.16. The number of ether oxygens (including phenoxy) is 2. The van der Waals surface area contributed by atoms with E-state index in [1.54, 1.807) is 19.4 Å². The highest BCUT2D eigenvalue weighted by Gasteiger charge is 2.15. The van der Waals surface area contributed by atoms with E-state index in [0.717, 1.165) is 25.3 Å². The third kappa shape index (κ3) is 4.04. The number of methoxy groups -OCH3 is 1. The number of hydrogen-bond acceptors (Lipinski definition) is 4. The van der Waals surface area contributed by atoms with E-state index in [1.807, 2.05) is 6.07 Å². The van der Waals surface area contributed by atoms with Crippen LogP contribution in [-0.2, 0) is 0 Å². The van der Waals surface area contributed by atoms with Gasteiger partial charge < -0.3 is 14.8 Å². The minimum absolute atomic E-state index is 0. The van der Waals surface area contributed by atoms with Crippen LogP contribution in [0.4, 0.5) is 0 Å². The first kappa shape index (κ1) is 15.3. The zero-order valence-corrected chi connectivity index (χ0v) is 10.6. The molecule has 2 heterocycles. The summed E-state index contributed by atoms with van der Waals surface area (Å²) in [5, 5.41) is 3.25. The largest absolute Gasteiger partial charge is 0.487 e. The molecule has 0 aromatic carbocycles. The predicted octanol–water partition coefficient (Wildman–Crippen LogP) is 1.67. The van der Waals surface area contributed by atoms with Gasteiger partial charge in [-0.25, -0.2) is 4.98 Å². The topological polar surface area (TPSA) is 43.4 Å². The quantitative estimate of drug-likeness (QED) is 0.904. The average molecular weight is 267 g/mol. The Morgan fingerprint density at radius 1 is 1.38 bits per heavy atom. The van der Waals surface area contributed by atoms with Crippen molar-refractivity contribution in [2.24, 2.45) is 0 Å². The lowest BCUT2D eigenvalue weighted by atomic mass is 10.3. The van der Waals surface area contributed by atoms with Crippen molar-refractivity contribution < 1.29 is 9.47 Å². The molecule has 16 heavy (non-hydrogen) atoms. The van der Waals surface area contributed by atoms with Crippen molar-refractivity contribution in [1.29, 1.82) is 0 Å². The van der Waals surface area contributed by atoms with Crippen LogP contribution in [0.25, 0.3) is 0 Å². The summed E-state index contributed by atoms with van der Waals surface area (Å²) in [5.74, 6) is 1.42. The maximum absolute atomic E-state index is 5.69.